The third-order valence-corrected chi connectivity index (χ3v) is 8.31. The van der Waals surface area contributed by atoms with Crippen molar-refractivity contribution >= 4 is 24.6 Å². The first kappa shape index (κ1) is 35.6. The van der Waals surface area contributed by atoms with Crippen molar-refractivity contribution in [3.05, 3.63) is 12.7 Å². The van der Waals surface area contributed by atoms with Crippen LogP contribution in [0.3, 0.4) is 0 Å². The van der Waals surface area contributed by atoms with Gasteiger partial charge in [-0.2, -0.15) is 0 Å². The average Bonchev–Trinajstić information content (AvgIpc) is 3.34. The van der Waals surface area contributed by atoms with E-state index in [2.05, 4.69) is 21.9 Å². The van der Waals surface area contributed by atoms with Crippen LogP contribution in [0, 0.1) is 0 Å². The Kier molecular flexibility index (Phi) is 17.6. The first-order valence-electron chi connectivity index (χ1n) is 15.5. The Bertz CT molecular complexity index is 1010. The Morgan fingerprint density at radius 2 is 1.51 bits per heavy atom. The molecule has 3 unspecified atom stereocenters. The van der Waals surface area contributed by atoms with Crippen molar-refractivity contribution in [1.82, 2.24) is 19.5 Å². The van der Waals surface area contributed by atoms with Gasteiger partial charge < -0.3 is 29.8 Å². The maximum absolute atomic E-state index is 12.6. The number of hydrogen-bond donors (Lipinski definition) is 3. The van der Waals surface area contributed by atoms with Crippen LogP contribution in [-0.2, 0) is 25.1 Å². The Labute approximate surface area is 246 Å². The van der Waals surface area contributed by atoms with Crippen molar-refractivity contribution in [1.29, 1.82) is 0 Å². The summed E-state index contributed by atoms with van der Waals surface area (Å²) in [5.41, 5.74) is 6.73. The zero-order valence-electron chi connectivity index (χ0n) is 25.5. The van der Waals surface area contributed by atoms with E-state index in [9.17, 15) is 14.6 Å². The summed E-state index contributed by atoms with van der Waals surface area (Å²) in [6.45, 7) is 5.61. The molecule has 2 heterocycles. The summed E-state index contributed by atoms with van der Waals surface area (Å²) in [4.78, 5) is 22.5. The van der Waals surface area contributed by atoms with E-state index in [-0.39, 0.29) is 25.1 Å². The molecule has 2 rings (SSSR count). The molecule has 0 saturated heterocycles. The summed E-state index contributed by atoms with van der Waals surface area (Å²) in [6.07, 6.45) is 19.8. The molecule has 0 aliphatic heterocycles. The molecule has 236 valence electrons. The number of aliphatic hydroxyl groups is 1. The zero-order valence-corrected chi connectivity index (χ0v) is 26.3. The molecular weight excluding hydrogens is 545 g/mol. The molecule has 0 fully saturated rings. The van der Waals surface area contributed by atoms with Crippen molar-refractivity contribution in [3.8, 4) is 0 Å². The number of aliphatic hydroxyl groups excluding tert-OH is 1. The number of fused-ring (bicyclic) bond motifs is 1. The van der Waals surface area contributed by atoms with Gasteiger partial charge in [-0.1, -0.05) is 96.8 Å². The molecule has 0 aliphatic carbocycles. The van der Waals surface area contributed by atoms with E-state index in [1.54, 1.807) is 11.5 Å². The van der Waals surface area contributed by atoms with E-state index >= 15 is 0 Å². The molecule has 11 nitrogen and oxygen atoms in total. The zero-order chi connectivity index (χ0) is 29.9. The van der Waals surface area contributed by atoms with Gasteiger partial charge >= 0.3 is 7.60 Å². The fourth-order valence-electron chi connectivity index (χ4n) is 4.92. The fourth-order valence-corrected chi connectivity index (χ4v) is 5.90. The van der Waals surface area contributed by atoms with Gasteiger partial charge in [0.05, 0.1) is 31.7 Å². The number of rotatable bonds is 25. The number of imidazole rings is 1. The molecule has 0 saturated carbocycles. The molecule has 4 atom stereocenters. The molecule has 2 aromatic heterocycles. The van der Waals surface area contributed by atoms with Gasteiger partial charge in [-0.05, 0) is 20.3 Å². The maximum Gasteiger partial charge on any atom is 0.355 e. The molecule has 2 aromatic rings. The van der Waals surface area contributed by atoms with Crippen LogP contribution in [0.2, 0.25) is 0 Å². The standard InChI is InChI=1S/C29H54N5O6P/c1-4-5-6-7-8-9-10-11-12-13-14-15-16-17-18-24(2)39-25(3)40-41(36,37)23-38-26(20-35)19-34-22-33-27-28(30)31-21-32-29(27)34/h21-22,24-26,35H,4-20,23H2,1-3H3,(H,36,37)(H2,30,31,32)/t24?,25?,26-/m0/s1. The molecule has 12 heteroatoms. The van der Waals surface area contributed by atoms with Crippen LogP contribution in [0.1, 0.15) is 117 Å². The third-order valence-electron chi connectivity index (χ3n) is 7.21. The minimum atomic E-state index is -4.11. The van der Waals surface area contributed by atoms with Crippen molar-refractivity contribution < 1.29 is 28.6 Å². The number of nitrogens with two attached hydrogens (primary N) is 1. The lowest BCUT2D eigenvalue weighted by Crippen LogP contribution is -2.25. The molecule has 41 heavy (non-hydrogen) atoms. The number of ether oxygens (including phenoxy) is 2. The van der Waals surface area contributed by atoms with Crippen LogP contribution in [0.5, 0.6) is 0 Å². The van der Waals surface area contributed by atoms with E-state index in [1.807, 2.05) is 6.92 Å². The molecule has 0 aliphatic rings. The smallest absolute Gasteiger partial charge is 0.355 e. The highest BCUT2D eigenvalue weighted by molar-refractivity contribution is 7.52. The summed E-state index contributed by atoms with van der Waals surface area (Å²) in [5.74, 6) is 0.246. The fraction of sp³-hybridized carbons (Fsp3) is 0.828. The van der Waals surface area contributed by atoms with Crippen LogP contribution < -0.4 is 5.73 Å². The second-order valence-corrected chi connectivity index (χ2v) is 12.8. The Morgan fingerprint density at radius 1 is 0.927 bits per heavy atom. The van der Waals surface area contributed by atoms with Crippen LogP contribution in [0.4, 0.5) is 5.82 Å². The van der Waals surface area contributed by atoms with Crippen LogP contribution in [0.15, 0.2) is 12.7 Å². The lowest BCUT2D eigenvalue weighted by Gasteiger charge is -2.23. The highest BCUT2D eigenvalue weighted by Gasteiger charge is 2.27. The number of nitrogens with zero attached hydrogens (tertiary/aromatic N) is 4. The molecule has 0 aromatic carbocycles. The van der Waals surface area contributed by atoms with Gasteiger partial charge in [0, 0.05) is 0 Å². The van der Waals surface area contributed by atoms with E-state index in [1.165, 1.54) is 96.1 Å². The predicted molar refractivity (Wildman–Crippen MR) is 162 cm³/mol. The maximum atomic E-state index is 12.6. The minimum absolute atomic E-state index is 0.0858. The van der Waals surface area contributed by atoms with Gasteiger partial charge in [-0.15, -0.1) is 0 Å². The van der Waals surface area contributed by atoms with Crippen molar-refractivity contribution in [3.63, 3.8) is 0 Å². The summed E-state index contributed by atoms with van der Waals surface area (Å²) < 4.78 is 30.8. The lowest BCUT2D eigenvalue weighted by atomic mass is 10.0. The Balaban J connectivity index is 1.53. The van der Waals surface area contributed by atoms with Gasteiger partial charge in [-0.3, -0.25) is 9.09 Å². The van der Waals surface area contributed by atoms with Crippen LogP contribution >= 0.6 is 7.60 Å². The average molecular weight is 600 g/mol. The highest BCUT2D eigenvalue weighted by atomic mass is 31.2. The number of unbranched alkanes of at least 4 members (excludes halogenated alkanes) is 13. The van der Waals surface area contributed by atoms with E-state index < -0.39 is 26.3 Å². The van der Waals surface area contributed by atoms with Gasteiger partial charge in [0.2, 0.25) is 0 Å². The van der Waals surface area contributed by atoms with E-state index in [0.29, 0.717) is 11.2 Å². The van der Waals surface area contributed by atoms with Crippen LogP contribution in [0.25, 0.3) is 11.2 Å². The molecule has 0 amide bonds. The normalized spacial score (nSPS) is 15.6. The first-order chi connectivity index (χ1) is 19.8. The van der Waals surface area contributed by atoms with Gasteiger partial charge in [0.15, 0.2) is 17.8 Å². The highest BCUT2D eigenvalue weighted by Crippen LogP contribution is 2.44. The quantitative estimate of drug-likeness (QED) is 0.0648. The molecular formula is C29H54N5O6P. The van der Waals surface area contributed by atoms with Crippen LogP contribution in [-0.4, -0.2) is 61.0 Å². The molecule has 0 radical (unpaired) electrons. The Hall–Kier alpha value is -1.62. The van der Waals surface area contributed by atoms with E-state index in [0.717, 1.165) is 12.8 Å². The Morgan fingerprint density at radius 3 is 2.10 bits per heavy atom. The minimum Gasteiger partial charge on any atom is -0.394 e. The first-order valence-corrected chi connectivity index (χ1v) is 17.3. The number of nitrogen functional groups attached to an aromatic ring is 1. The summed E-state index contributed by atoms with van der Waals surface area (Å²) in [6, 6.07) is 0. The van der Waals surface area contributed by atoms with Gasteiger partial charge in [0.25, 0.3) is 0 Å². The number of anilines is 1. The summed E-state index contributed by atoms with van der Waals surface area (Å²) in [5, 5.41) is 9.72. The SMILES string of the molecule is CCCCCCCCCCCCCCCCC(C)OC(C)OP(=O)(O)CO[C@H](CO)Cn1cnc2c(N)ncnc21. The van der Waals surface area contributed by atoms with Crippen molar-refractivity contribution in [2.24, 2.45) is 0 Å². The second kappa shape index (κ2) is 20.3. The summed E-state index contributed by atoms with van der Waals surface area (Å²) >= 11 is 0. The predicted octanol–water partition coefficient (Wildman–Crippen LogP) is 6.57. The molecule has 0 bridgehead atoms. The van der Waals surface area contributed by atoms with Crippen molar-refractivity contribution in [2.75, 3.05) is 18.7 Å². The van der Waals surface area contributed by atoms with Gasteiger partial charge in [-0.25, -0.2) is 15.0 Å². The number of hydrogen-bond acceptors (Lipinski definition) is 9. The third kappa shape index (κ3) is 14.9. The van der Waals surface area contributed by atoms with Gasteiger partial charge in [0.1, 0.15) is 18.2 Å². The monoisotopic (exact) mass is 599 g/mol. The largest absolute Gasteiger partial charge is 0.394 e. The second-order valence-electron chi connectivity index (χ2n) is 11.1. The lowest BCUT2D eigenvalue weighted by molar-refractivity contribution is -0.110. The summed E-state index contributed by atoms with van der Waals surface area (Å²) in [7, 11) is -4.11. The van der Waals surface area contributed by atoms with Crippen molar-refractivity contribution in [2.45, 2.75) is 142 Å². The molecule has 4 N–H and O–H groups in total. The molecule has 0 spiro atoms. The topological polar surface area (TPSA) is 155 Å². The number of aromatic nitrogens is 4. The van der Waals surface area contributed by atoms with E-state index in [4.69, 9.17) is 19.7 Å².